The van der Waals surface area contributed by atoms with Gasteiger partial charge in [0.25, 0.3) is 0 Å². The van der Waals surface area contributed by atoms with Gasteiger partial charge in [0.1, 0.15) is 0 Å². The lowest BCUT2D eigenvalue weighted by atomic mass is 9.88. The highest BCUT2D eigenvalue weighted by Crippen LogP contribution is 2.42. The normalized spacial score (nSPS) is 18.7. The van der Waals surface area contributed by atoms with Gasteiger partial charge in [0.15, 0.2) is 0 Å². The zero-order valence-corrected chi connectivity index (χ0v) is 17.1. The third-order valence-corrected chi connectivity index (χ3v) is 6.23. The molecule has 1 aliphatic carbocycles. The van der Waals surface area contributed by atoms with Crippen molar-refractivity contribution in [2.75, 3.05) is 5.32 Å². The van der Waals surface area contributed by atoms with Gasteiger partial charge in [-0.1, -0.05) is 53.5 Å². The summed E-state index contributed by atoms with van der Waals surface area (Å²) in [6.07, 6.45) is 7.79. The number of fused-ring (bicyclic) bond motifs is 1. The summed E-state index contributed by atoms with van der Waals surface area (Å²) in [5.41, 5.74) is 5.03. The van der Waals surface area contributed by atoms with Crippen LogP contribution in [-0.2, 0) is 11.3 Å². The van der Waals surface area contributed by atoms with E-state index in [9.17, 15) is 0 Å². The van der Waals surface area contributed by atoms with Crippen molar-refractivity contribution in [1.82, 2.24) is 15.2 Å². The molecule has 2 heterocycles. The van der Waals surface area contributed by atoms with Crippen LogP contribution in [0.4, 0.5) is 5.69 Å². The van der Waals surface area contributed by atoms with Gasteiger partial charge in [-0.05, 0) is 24.5 Å². The molecule has 1 aliphatic rings. The SMILES string of the molecule is Clc1cc(NC2CC(OCc3ccccc3)C2)c2c(-c3cn[nH]c3)c[nH]c2c1Cl. The summed E-state index contributed by atoms with van der Waals surface area (Å²) >= 11 is 12.8. The second kappa shape index (κ2) is 7.75. The summed E-state index contributed by atoms with van der Waals surface area (Å²) in [6.45, 7) is 0.650. The maximum Gasteiger partial charge on any atom is 0.0834 e. The van der Waals surface area contributed by atoms with Crippen LogP contribution in [0.25, 0.3) is 22.0 Å². The van der Waals surface area contributed by atoms with Crippen molar-refractivity contribution >= 4 is 39.8 Å². The molecule has 0 saturated heterocycles. The molecule has 5 rings (SSSR count). The van der Waals surface area contributed by atoms with Crippen LogP contribution < -0.4 is 5.32 Å². The molecule has 29 heavy (non-hydrogen) atoms. The summed E-state index contributed by atoms with van der Waals surface area (Å²) in [5.74, 6) is 0. The third-order valence-electron chi connectivity index (χ3n) is 5.44. The van der Waals surface area contributed by atoms with Gasteiger partial charge >= 0.3 is 0 Å². The van der Waals surface area contributed by atoms with Crippen molar-refractivity contribution in [2.24, 2.45) is 0 Å². The van der Waals surface area contributed by atoms with Gasteiger partial charge < -0.3 is 15.0 Å². The number of aromatic amines is 2. The zero-order chi connectivity index (χ0) is 19.8. The number of nitrogens with zero attached hydrogens (tertiary/aromatic N) is 1. The van der Waals surface area contributed by atoms with Crippen LogP contribution in [0.1, 0.15) is 18.4 Å². The molecule has 0 unspecified atom stereocenters. The Balaban J connectivity index is 1.32. The molecule has 1 saturated carbocycles. The Morgan fingerprint density at radius 2 is 1.97 bits per heavy atom. The fraction of sp³-hybridized carbons (Fsp3) is 0.227. The van der Waals surface area contributed by atoms with Crippen molar-refractivity contribution in [3.8, 4) is 11.1 Å². The molecule has 0 bridgehead atoms. The van der Waals surface area contributed by atoms with Gasteiger partial charge in [0.05, 0.1) is 34.5 Å². The number of rotatable bonds is 6. The highest BCUT2D eigenvalue weighted by atomic mass is 35.5. The lowest BCUT2D eigenvalue weighted by Crippen LogP contribution is -2.40. The van der Waals surface area contributed by atoms with Crippen molar-refractivity contribution in [3.05, 3.63) is 70.6 Å². The molecule has 5 nitrogen and oxygen atoms in total. The molecule has 0 atom stereocenters. The number of aromatic nitrogens is 3. The van der Waals surface area contributed by atoms with E-state index in [0.29, 0.717) is 22.7 Å². The first-order chi connectivity index (χ1) is 14.2. The third kappa shape index (κ3) is 3.62. The second-order valence-corrected chi connectivity index (χ2v) is 8.18. The fourth-order valence-corrected chi connectivity index (χ4v) is 4.23. The van der Waals surface area contributed by atoms with Gasteiger partial charge in [0.2, 0.25) is 0 Å². The van der Waals surface area contributed by atoms with E-state index in [-0.39, 0.29) is 6.10 Å². The molecule has 3 N–H and O–H groups in total. The highest BCUT2D eigenvalue weighted by molar-refractivity contribution is 6.46. The standard InChI is InChI=1S/C22H20Cl2N4O/c23-18-8-19(20-17(14-9-26-27-10-14)11-25-22(20)21(18)24)28-15-6-16(7-15)29-12-13-4-2-1-3-5-13/h1-5,8-11,15-16,25,28H,6-7,12H2,(H,26,27). The lowest BCUT2D eigenvalue weighted by Gasteiger charge is -2.36. The summed E-state index contributed by atoms with van der Waals surface area (Å²) in [5, 5.41) is 12.6. The Kier molecular flexibility index (Phi) is 4.96. The topological polar surface area (TPSA) is 65.7 Å². The van der Waals surface area contributed by atoms with Gasteiger partial charge in [-0.15, -0.1) is 0 Å². The van der Waals surface area contributed by atoms with Crippen molar-refractivity contribution < 1.29 is 4.74 Å². The van der Waals surface area contributed by atoms with E-state index in [1.54, 1.807) is 6.20 Å². The van der Waals surface area contributed by atoms with Crippen molar-refractivity contribution in [2.45, 2.75) is 31.6 Å². The summed E-state index contributed by atoms with van der Waals surface area (Å²) in [4.78, 5) is 3.26. The minimum Gasteiger partial charge on any atom is -0.382 e. The Labute approximate surface area is 178 Å². The number of anilines is 1. The Hall–Kier alpha value is -2.47. The molecule has 2 aromatic carbocycles. The summed E-state index contributed by atoms with van der Waals surface area (Å²) in [7, 11) is 0. The predicted octanol–water partition coefficient (Wildman–Crippen LogP) is 6.02. The smallest absolute Gasteiger partial charge is 0.0834 e. The maximum absolute atomic E-state index is 6.45. The van der Waals surface area contributed by atoms with Gasteiger partial charge in [0, 0.05) is 40.6 Å². The molecule has 0 aliphatic heterocycles. The van der Waals surface area contributed by atoms with Crippen LogP contribution in [0, 0.1) is 0 Å². The summed E-state index contributed by atoms with van der Waals surface area (Å²) in [6, 6.07) is 12.5. The maximum atomic E-state index is 6.45. The number of nitrogens with one attached hydrogen (secondary N) is 3. The second-order valence-electron chi connectivity index (χ2n) is 7.39. The average Bonchev–Trinajstić information content (AvgIpc) is 3.37. The number of benzene rings is 2. The Morgan fingerprint density at radius 1 is 1.14 bits per heavy atom. The van der Waals surface area contributed by atoms with Gasteiger partial charge in [-0.2, -0.15) is 5.10 Å². The van der Waals surface area contributed by atoms with E-state index >= 15 is 0 Å². The van der Waals surface area contributed by atoms with Crippen LogP contribution in [0.5, 0.6) is 0 Å². The fourth-order valence-electron chi connectivity index (χ4n) is 3.83. The monoisotopic (exact) mass is 426 g/mol. The van der Waals surface area contributed by atoms with Crippen LogP contribution in [-0.4, -0.2) is 27.3 Å². The number of ether oxygens (including phenoxy) is 1. The van der Waals surface area contributed by atoms with Crippen LogP contribution in [0.15, 0.2) is 55.0 Å². The van der Waals surface area contributed by atoms with E-state index in [2.05, 4.69) is 32.6 Å². The molecule has 2 aromatic heterocycles. The van der Waals surface area contributed by atoms with E-state index in [1.807, 2.05) is 36.7 Å². The number of hydrogen-bond acceptors (Lipinski definition) is 3. The highest BCUT2D eigenvalue weighted by Gasteiger charge is 2.31. The molecule has 0 radical (unpaired) electrons. The largest absolute Gasteiger partial charge is 0.382 e. The van der Waals surface area contributed by atoms with E-state index in [0.717, 1.165) is 40.6 Å². The van der Waals surface area contributed by atoms with Crippen LogP contribution in [0.3, 0.4) is 0 Å². The molecule has 1 fully saturated rings. The minimum atomic E-state index is 0.269. The van der Waals surface area contributed by atoms with E-state index in [1.165, 1.54) is 5.56 Å². The van der Waals surface area contributed by atoms with Crippen LogP contribution in [0.2, 0.25) is 10.0 Å². The molecular formula is C22H20Cl2N4O. The van der Waals surface area contributed by atoms with E-state index in [4.69, 9.17) is 27.9 Å². The molecule has 148 valence electrons. The first-order valence-electron chi connectivity index (χ1n) is 9.59. The minimum absolute atomic E-state index is 0.269. The Bertz CT molecular complexity index is 1120. The lowest BCUT2D eigenvalue weighted by molar-refractivity contribution is -0.0149. The molecular weight excluding hydrogens is 407 g/mol. The first kappa shape index (κ1) is 18.6. The van der Waals surface area contributed by atoms with E-state index < -0.39 is 0 Å². The Morgan fingerprint density at radius 3 is 2.72 bits per heavy atom. The first-order valence-corrected chi connectivity index (χ1v) is 10.3. The zero-order valence-electron chi connectivity index (χ0n) is 15.6. The predicted molar refractivity (Wildman–Crippen MR) is 118 cm³/mol. The quantitative estimate of drug-likeness (QED) is 0.352. The number of halogens is 2. The summed E-state index contributed by atoms with van der Waals surface area (Å²) < 4.78 is 6.02. The van der Waals surface area contributed by atoms with Crippen LogP contribution >= 0.6 is 23.2 Å². The van der Waals surface area contributed by atoms with Gasteiger partial charge in [-0.25, -0.2) is 0 Å². The number of hydrogen-bond donors (Lipinski definition) is 3. The molecule has 0 spiro atoms. The van der Waals surface area contributed by atoms with Gasteiger partial charge in [-0.3, -0.25) is 5.10 Å². The van der Waals surface area contributed by atoms with Crippen molar-refractivity contribution in [3.63, 3.8) is 0 Å². The molecule has 0 amide bonds. The number of H-pyrrole nitrogens is 2. The van der Waals surface area contributed by atoms with Crippen molar-refractivity contribution in [1.29, 1.82) is 0 Å². The average molecular weight is 427 g/mol. The molecule has 4 aromatic rings. The molecule has 7 heteroatoms.